The van der Waals surface area contributed by atoms with Crippen LogP contribution < -0.4 is 5.56 Å². The molecule has 0 amide bonds. The van der Waals surface area contributed by atoms with Crippen molar-refractivity contribution in [3.8, 4) is 12.8 Å². The van der Waals surface area contributed by atoms with Gasteiger partial charge in [-0.15, -0.1) is 12.8 Å². The van der Waals surface area contributed by atoms with E-state index in [4.69, 9.17) is 11.6 Å². The van der Waals surface area contributed by atoms with Crippen LogP contribution >= 0.6 is 23.4 Å². The Morgan fingerprint density at radius 1 is 1.29 bits per heavy atom. The summed E-state index contributed by atoms with van der Waals surface area (Å²) in [7, 11) is 1.65. The van der Waals surface area contributed by atoms with Crippen molar-refractivity contribution in [3.05, 3.63) is 52.6 Å². The molecule has 1 heterocycles. The summed E-state index contributed by atoms with van der Waals surface area (Å²) in [5.41, 5.74) is 1.45. The molecule has 0 aliphatic heterocycles. The van der Waals surface area contributed by atoms with Crippen LogP contribution in [0.1, 0.15) is 24.9 Å². The Kier molecular flexibility index (Phi) is 9.53. The molecule has 0 spiro atoms. The molecule has 8 heteroatoms. The zero-order valence-corrected chi connectivity index (χ0v) is 19.1. The molecule has 164 valence electrons. The Hall–Kier alpha value is -2.37. The van der Waals surface area contributed by atoms with E-state index in [-0.39, 0.29) is 18.6 Å². The summed E-state index contributed by atoms with van der Waals surface area (Å²) in [6.45, 7) is 1.49. The highest BCUT2D eigenvalue weighted by atomic mass is 35.5. The number of thioether (sulfide) groups is 1. The standard InChI is InChI=1S/C21H24ClN3O3S.C2H2/c1-13(27)18(7-9-26)25-12-24-19-16-6-4-3-5-15(16)14(11-17(19)20(25)28)8-10-29-21(22)23-2;1-2/h3-6,11-13,18,26-27H,7-10H2,1-2H3;1-2H. The number of terminal acetylenes is 1. The molecule has 0 saturated carbocycles. The average Bonchev–Trinajstić information content (AvgIpc) is 2.79. The number of rotatable bonds is 7. The zero-order valence-electron chi connectivity index (χ0n) is 17.5. The van der Waals surface area contributed by atoms with Gasteiger partial charge in [0.25, 0.3) is 5.56 Å². The van der Waals surface area contributed by atoms with E-state index in [0.717, 1.165) is 28.5 Å². The second kappa shape index (κ2) is 11.9. The summed E-state index contributed by atoms with van der Waals surface area (Å²) in [6, 6.07) is 9.25. The minimum absolute atomic E-state index is 0.125. The molecule has 0 fully saturated rings. The maximum Gasteiger partial charge on any atom is 0.261 e. The van der Waals surface area contributed by atoms with E-state index in [2.05, 4.69) is 22.8 Å². The number of hydrogen-bond donors (Lipinski definition) is 2. The predicted octanol–water partition coefficient (Wildman–Crippen LogP) is 3.60. The molecular formula is C23H26ClN3O3S. The van der Waals surface area contributed by atoms with Gasteiger partial charge in [-0.05, 0) is 36.8 Å². The number of aliphatic imine (C=N–C) groups is 1. The third kappa shape index (κ3) is 5.66. The van der Waals surface area contributed by atoms with Crippen LogP contribution in [0.5, 0.6) is 0 Å². The van der Waals surface area contributed by atoms with Gasteiger partial charge < -0.3 is 10.2 Å². The van der Waals surface area contributed by atoms with E-state index in [1.165, 1.54) is 22.7 Å². The predicted molar refractivity (Wildman–Crippen MR) is 131 cm³/mol. The van der Waals surface area contributed by atoms with E-state index in [1.807, 2.05) is 30.3 Å². The second-order valence-electron chi connectivity index (χ2n) is 6.83. The van der Waals surface area contributed by atoms with Crippen molar-refractivity contribution in [1.82, 2.24) is 9.55 Å². The Balaban J connectivity index is 0.00000166. The molecule has 0 radical (unpaired) electrons. The largest absolute Gasteiger partial charge is 0.396 e. The van der Waals surface area contributed by atoms with Gasteiger partial charge in [0.2, 0.25) is 0 Å². The summed E-state index contributed by atoms with van der Waals surface area (Å²) < 4.78 is 1.93. The molecular weight excluding hydrogens is 434 g/mol. The average molecular weight is 460 g/mol. The highest BCUT2D eigenvalue weighted by Gasteiger charge is 2.20. The molecule has 31 heavy (non-hydrogen) atoms. The number of nitrogens with zero attached hydrogens (tertiary/aromatic N) is 3. The van der Waals surface area contributed by atoms with E-state index in [1.54, 1.807) is 14.0 Å². The summed E-state index contributed by atoms with van der Waals surface area (Å²) in [6.07, 6.45) is 9.68. The lowest BCUT2D eigenvalue weighted by molar-refractivity contribution is 0.107. The Morgan fingerprint density at radius 3 is 2.58 bits per heavy atom. The van der Waals surface area contributed by atoms with Gasteiger partial charge in [-0.1, -0.05) is 47.6 Å². The van der Waals surface area contributed by atoms with Crippen LogP contribution in [0.15, 0.2) is 46.4 Å². The highest BCUT2D eigenvalue weighted by Crippen LogP contribution is 2.28. The van der Waals surface area contributed by atoms with Crippen molar-refractivity contribution >= 4 is 49.5 Å². The van der Waals surface area contributed by atoms with Crippen molar-refractivity contribution in [3.63, 3.8) is 0 Å². The number of aryl methyl sites for hydroxylation is 1. The van der Waals surface area contributed by atoms with Gasteiger partial charge in [0, 0.05) is 24.8 Å². The number of hydrogen-bond acceptors (Lipinski definition) is 6. The molecule has 0 bridgehead atoms. The molecule has 2 aromatic carbocycles. The van der Waals surface area contributed by atoms with Gasteiger partial charge in [-0.25, -0.2) is 4.98 Å². The van der Waals surface area contributed by atoms with Gasteiger partial charge in [-0.2, -0.15) is 0 Å². The maximum absolute atomic E-state index is 13.3. The van der Waals surface area contributed by atoms with E-state index in [0.29, 0.717) is 15.4 Å². The number of fused-ring (bicyclic) bond motifs is 3. The maximum atomic E-state index is 13.3. The lowest BCUT2D eigenvalue weighted by Crippen LogP contribution is -2.32. The fourth-order valence-corrected chi connectivity index (χ4v) is 4.40. The molecule has 0 saturated heterocycles. The van der Waals surface area contributed by atoms with Gasteiger partial charge in [0.05, 0.1) is 29.4 Å². The summed E-state index contributed by atoms with van der Waals surface area (Å²) >= 11 is 7.45. The lowest BCUT2D eigenvalue weighted by atomic mass is 9.99. The molecule has 3 aromatic rings. The van der Waals surface area contributed by atoms with Gasteiger partial charge in [0.1, 0.15) is 0 Å². The number of halogens is 1. The molecule has 0 aliphatic carbocycles. The Bertz CT molecular complexity index is 1140. The van der Waals surface area contributed by atoms with Crippen molar-refractivity contribution in [2.45, 2.75) is 31.9 Å². The molecule has 6 nitrogen and oxygen atoms in total. The summed E-state index contributed by atoms with van der Waals surface area (Å²) in [4.78, 5) is 21.8. The van der Waals surface area contributed by atoms with Gasteiger partial charge >= 0.3 is 0 Å². The number of aliphatic hydroxyl groups is 2. The lowest BCUT2D eigenvalue weighted by Gasteiger charge is -2.22. The number of aromatic nitrogens is 2. The fraction of sp³-hybridized carbons (Fsp3) is 0.348. The fourth-order valence-electron chi connectivity index (χ4n) is 3.55. The number of benzene rings is 2. The molecule has 2 N–H and O–H groups in total. The minimum Gasteiger partial charge on any atom is -0.396 e. The van der Waals surface area contributed by atoms with Crippen LogP contribution in [0.25, 0.3) is 21.7 Å². The summed E-state index contributed by atoms with van der Waals surface area (Å²) in [5.74, 6) is 0.737. The Morgan fingerprint density at radius 2 is 1.97 bits per heavy atom. The SMILES string of the molecule is C#C.CN=C(Cl)SCCc1cc2c(=O)n(C(CCO)C(C)O)cnc2c2ccccc12. The molecule has 3 rings (SSSR count). The van der Waals surface area contributed by atoms with Crippen molar-refractivity contribution in [1.29, 1.82) is 0 Å². The monoisotopic (exact) mass is 459 g/mol. The van der Waals surface area contributed by atoms with E-state index in [9.17, 15) is 15.0 Å². The van der Waals surface area contributed by atoms with E-state index >= 15 is 0 Å². The quantitative estimate of drug-likeness (QED) is 0.244. The van der Waals surface area contributed by atoms with Crippen LogP contribution in [0.4, 0.5) is 0 Å². The molecule has 2 unspecified atom stereocenters. The van der Waals surface area contributed by atoms with Crippen LogP contribution in [-0.4, -0.2) is 49.8 Å². The minimum atomic E-state index is -0.786. The van der Waals surface area contributed by atoms with Crippen LogP contribution in [-0.2, 0) is 6.42 Å². The summed E-state index contributed by atoms with van der Waals surface area (Å²) in [5, 5.41) is 21.9. The van der Waals surface area contributed by atoms with Gasteiger partial charge in [-0.3, -0.25) is 14.4 Å². The van der Waals surface area contributed by atoms with Crippen molar-refractivity contribution < 1.29 is 10.2 Å². The smallest absolute Gasteiger partial charge is 0.261 e. The molecule has 1 aromatic heterocycles. The zero-order chi connectivity index (χ0) is 23.0. The molecule has 0 aliphatic rings. The van der Waals surface area contributed by atoms with Crippen molar-refractivity contribution in [2.75, 3.05) is 19.4 Å². The molecule has 2 atom stereocenters. The van der Waals surface area contributed by atoms with E-state index < -0.39 is 12.1 Å². The topological polar surface area (TPSA) is 87.7 Å². The third-order valence-corrected chi connectivity index (χ3v) is 6.31. The first-order valence-electron chi connectivity index (χ1n) is 9.76. The van der Waals surface area contributed by atoms with Crippen molar-refractivity contribution in [2.24, 2.45) is 4.99 Å². The van der Waals surface area contributed by atoms with Crippen LogP contribution in [0.2, 0.25) is 0 Å². The van der Waals surface area contributed by atoms with Gasteiger partial charge in [0.15, 0.2) is 4.50 Å². The number of aliphatic hydroxyl groups excluding tert-OH is 2. The highest BCUT2D eigenvalue weighted by molar-refractivity contribution is 8.16. The Labute approximate surface area is 191 Å². The first-order valence-corrected chi connectivity index (χ1v) is 11.1. The first kappa shape index (κ1) is 24.9. The second-order valence-corrected chi connectivity index (χ2v) is 8.50. The normalized spacial score (nSPS) is 13.6. The van der Waals surface area contributed by atoms with Crippen LogP contribution in [0.3, 0.4) is 0 Å². The third-order valence-electron chi connectivity index (χ3n) is 4.99. The van der Waals surface area contributed by atoms with Crippen LogP contribution in [0, 0.1) is 12.8 Å². The first-order chi connectivity index (χ1) is 15.0.